The number of halogens is 1. The molecule has 4 aromatic rings. The quantitative estimate of drug-likeness (QED) is 0.560. The zero-order valence-electron chi connectivity index (χ0n) is 12.9. The van der Waals surface area contributed by atoms with Crippen molar-refractivity contribution in [3.63, 3.8) is 0 Å². The topological polar surface area (TPSA) is 61.6 Å². The Kier molecular flexibility index (Phi) is 3.84. The molecule has 0 bridgehead atoms. The first-order valence-electron chi connectivity index (χ1n) is 7.50. The average molecular weight is 346 g/mol. The Morgan fingerprint density at radius 1 is 1.08 bits per heavy atom. The first-order chi connectivity index (χ1) is 12.2. The van der Waals surface area contributed by atoms with Crippen molar-refractivity contribution in [1.82, 2.24) is 9.97 Å². The fourth-order valence-electron chi connectivity index (χ4n) is 2.62. The number of rotatable bonds is 3. The molecule has 0 atom stereocenters. The molecule has 25 heavy (non-hydrogen) atoms. The van der Waals surface area contributed by atoms with E-state index in [1.807, 2.05) is 17.5 Å². The van der Waals surface area contributed by atoms with Crippen LogP contribution >= 0.6 is 11.3 Å². The molecule has 0 spiro atoms. The van der Waals surface area contributed by atoms with Gasteiger partial charge in [-0.15, -0.1) is 11.3 Å². The largest absolute Gasteiger partial charge is 0.340 e. The highest BCUT2D eigenvalue weighted by Crippen LogP contribution is 2.37. The summed E-state index contributed by atoms with van der Waals surface area (Å²) in [5, 5.41) is 15.2. The number of hydrogen-bond donors (Lipinski definition) is 1. The number of aromatic nitrogens is 2. The third kappa shape index (κ3) is 2.93. The monoisotopic (exact) mass is 346 g/mol. The molecule has 0 aliphatic carbocycles. The molecule has 2 aromatic heterocycles. The van der Waals surface area contributed by atoms with Crippen molar-refractivity contribution in [3.8, 4) is 17.2 Å². The number of fused-ring (bicyclic) bond motifs is 1. The van der Waals surface area contributed by atoms with Crippen LogP contribution in [0.25, 0.3) is 21.3 Å². The van der Waals surface area contributed by atoms with E-state index >= 15 is 0 Å². The van der Waals surface area contributed by atoms with Crippen molar-refractivity contribution in [1.29, 1.82) is 5.26 Å². The molecular formula is C19H11FN4S. The smallest absolute Gasteiger partial charge is 0.143 e. The number of hydrogen-bond acceptors (Lipinski definition) is 5. The van der Waals surface area contributed by atoms with Gasteiger partial charge in [0.2, 0.25) is 0 Å². The van der Waals surface area contributed by atoms with Crippen LogP contribution < -0.4 is 5.32 Å². The minimum absolute atomic E-state index is 0.272. The zero-order valence-corrected chi connectivity index (χ0v) is 13.7. The lowest BCUT2D eigenvalue weighted by atomic mass is 10.1. The van der Waals surface area contributed by atoms with Gasteiger partial charge in [-0.2, -0.15) is 5.26 Å². The number of benzene rings is 2. The van der Waals surface area contributed by atoms with E-state index in [4.69, 9.17) is 5.26 Å². The lowest BCUT2D eigenvalue weighted by Crippen LogP contribution is -1.96. The van der Waals surface area contributed by atoms with E-state index in [0.29, 0.717) is 11.4 Å². The van der Waals surface area contributed by atoms with Gasteiger partial charge in [0, 0.05) is 16.6 Å². The van der Waals surface area contributed by atoms with Crippen LogP contribution in [0.1, 0.15) is 5.56 Å². The molecule has 0 unspecified atom stereocenters. The van der Waals surface area contributed by atoms with Crippen LogP contribution in [0.15, 0.2) is 60.2 Å². The highest BCUT2D eigenvalue weighted by atomic mass is 32.1. The number of thiophene rings is 1. The van der Waals surface area contributed by atoms with Crippen molar-refractivity contribution < 1.29 is 4.39 Å². The summed E-state index contributed by atoms with van der Waals surface area (Å²) in [6.45, 7) is 0. The zero-order chi connectivity index (χ0) is 17.2. The second-order valence-electron chi connectivity index (χ2n) is 5.38. The maximum atomic E-state index is 13.2. The number of nitrogens with one attached hydrogen (secondary N) is 1. The van der Waals surface area contributed by atoms with Gasteiger partial charge < -0.3 is 5.32 Å². The lowest BCUT2D eigenvalue weighted by molar-refractivity contribution is 0.628. The molecule has 4 nitrogen and oxygen atoms in total. The van der Waals surface area contributed by atoms with Gasteiger partial charge in [0.1, 0.15) is 22.8 Å². The van der Waals surface area contributed by atoms with Gasteiger partial charge in [-0.05, 0) is 35.9 Å². The van der Waals surface area contributed by atoms with Gasteiger partial charge in [0.25, 0.3) is 0 Å². The summed E-state index contributed by atoms with van der Waals surface area (Å²) < 4.78 is 13.2. The van der Waals surface area contributed by atoms with Crippen LogP contribution in [0.4, 0.5) is 15.9 Å². The van der Waals surface area contributed by atoms with Crippen molar-refractivity contribution in [3.05, 3.63) is 71.6 Å². The van der Waals surface area contributed by atoms with Crippen LogP contribution in [0, 0.1) is 17.1 Å². The molecule has 0 saturated carbocycles. The summed E-state index contributed by atoms with van der Waals surface area (Å²) in [7, 11) is 0. The van der Waals surface area contributed by atoms with Crippen LogP contribution in [0.5, 0.6) is 0 Å². The molecule has 6 heteroatoms. The van der Waals surface area contributed by atoms with Gasteiger partial charge in [-0.1, -0.05) is 18.2 Å². The maximum absolute atomic E-state index is 13.2. The molecular weight excluding hydrogens is 335 g/mol. The molecule has 1 N–H and O–H groups in total. The van der Waals surface area contributed by atoms with E-state index in [2.05, 4.69) is 21.4 Å². The second kappa shape index (κ2) is 6.30. The average Bonchev–Trinajstić information content (AvgIpc) is 3.08. The highest BCUT2D eigenvalue weighted by Gasteiger charge is 2.13. The number of nitrogens with zero attached hydrogens (tertiary/aromatic N) is 3. The molecule has 0 saturated heterocycles. The van der Waals surface area contributed by atoms with E-state index < -0.39 is 0 Å². The molecule has 0 radical (unpaired) electrons. The molecule has 2 heterocycles. The number of nitriles is 1. The fraction of sp³-hybridized carbons (Fsp3) is 0. The van der Waals surface area contributed by atoms with Crippen LogP contribution in [0.2, 0.25) is 0 Å². The maximum Gasteiger partial charge on any atom is 0.143 e. The van der Waals surface area contributed by atoms with Crippen molar-refractivity contribution in [2.75, 3.05) is 5.32 Å². The van der Waals surface area contributed by atoms with E-state index in [1.165, 1.54) is 29.8 Å². The second-order valence-corrected chi connectivity index (χ2v) is 6.23. The Bertz CT molecular complexity index is 1100. The van der Waals surface area contributed by atoms with Crippen molar-refractivity contribution in [2.45, 2.75) is 0 Å². The molecule has 2 aromatic carbocycles. The van der Waals surface area contributed by atoms with Gasteiger partial charge >= 0.3 is 0 Å². The van der Waals surface area contributed by atoms with Crippen molar-refractivity contribution in [2.24, 2.45) is 0 Å². The first kappa shape index (κ1) is 15.2. The van der Waals surface area contributed by atoms with E-state index in [0.717, 1.165) is 27.0 Å². The van der Waals surface area contributed by atoms with E-state index in [9.17, 15) is 4.39 Å². The third-order valence-electron chi connectivity index (χ3n) is 3.78. The van der Waals surface area contributed by atoms with Crippen LogP contribution in [-0.4, -0.2) is 9.97 Å². The van der Waals surface area contributed by atoms with Gasteiger partial charge in [-0.3, -0.25) is 0 Å². The van der Waals surface area contributed by atoms with Crippen LogP contribution in [-0.2, 0) is 0 Å². The fourth-order valence-corrected chi connectivity index (χ4v) is 3.53. The number of anilines is 2. The minimum Gasteiger partial charge on any atom is -0.340 e. The Morgan fingerprint density at radius 2 is 1.92 bits per heavy atom. The Hall–Kier alpha value is -3.30. The Labute approximate surface area is 147 Å². The molecule has 0 aliphatic heterocycles. The highest BCUT2D eigenvalue weighted by molar-refractivity contribution is 7.17. The Morgan fingerprint density at radius 3 is 2.72 bits per heavy atom. The summed E-state index contributed by atoms with van der Waals surface area (Å²) in [5.74, 6) is 0.381. The molecule has 0 fully saturated rings. The summed E-state index contributed by atoms with van der Waals surface area (Å²) in [4.78, 5) is 9.52. The summed E-state index contributed by atoms with van der Waals surface area (Å²) in [6, 6.07) is 15.7. The van der Waals surface area contributed by atoms with Gasteiger partial charge in [-0.25, -0.2) is 14.4 Å². The lowest BCUT2D eigenvalue weighted by Gasteiger charge is -2.08. The van der Waals surface area contributed by atoms with E-state index in [1.54, 1.807) is 24.3 Å². The first-order valence-corrected chi connectivity index (χ1v) is 8.38. The predicted molar refractivity (Wildman–Crippen MR) is 97.2 cm³/mol. The molecule has 4 rings (SSSR count). The predicted octanol–water partition coefficient (Wildman–Crippen LogP) is 5.11. The normalized spacial score (nSPS) is 10.6. The molecule has 0 aliphatic rings. The standard InChI is InChI=1S/C19H11FN4S/c20-14-6-4-13(5-7-14)16-10-25-19-17(16)18(22-11-23-19)24-15-3-1-2-12(8-15)9-21/h1-8,10-11H,(H,22,23,24). The van der Waals surface area contributed by atoms with Gasteiger partial charge in [0.15, 0.2) is 0 Å². The summed E-state index contributed by atoms with van der Waals surface area (Å²) in [6.07, 6.45) is 1.50. The van der Waals surface area contributed by atoms with Crippen LogP contribution in [0.3, 0.4) is 0 Å². The Balaban J connectivity index is 1.83. The summed E-state index contributed by atoms with van der Waals surface area (Å²) in [5.41, 5.74) is 3.19. The molecule has 0 amide bonds. The SMILES string of the molecule is N#Cc1cccc(Nc2ncnc3scc(-c4ccc(F)cc4)c23)c1. The molecule has 120 valence electrons. The third-order valence-corrected chi connectivity index (χ3v) is 4.67. The van der Waals surface area contributed by atoms with Gasteiger partial charge in [0.05, 0.1) is 17.0 Å². The van der Waals surface area contributed by atoms with Crippen molar-refractivity contribution >= 4 is 33.1 Å². The minimum atomic E-state index is -0.272. The summed E-state index contributed by atoms with van der Waals surface area (Å²) >= 11 is 1.51. The van der Waals surface area contributed by atoms with E-state index in [-0.39, 0.29) is 5.82 Å².